The van der Waals surface area contributed by atoms with Crippen molar-refractivity contribution in [3.63, 3.8) is 0 Å². The van der Waals surface area contributed by atoms with E-state index in [4.69, 9.17) is 0 Å². The summed E-state index contributed by atoms with van der Waals surface area (Å²) in [6.07, 6.45) is 0. The van der Waals surface area contributed by atoms with Crippen LogP contribution in [0.4, 0.5) is 14.5 Å². The lowest BCUT2D eigenvalue weighted by molar-refractivity contribution is -0.117. The Morgan fingerprint density at radius 3 is 2.50 bits per heavy atom. The van der Waals surface area contributed by atoms with E-state index >= 15 is 0 Å². The highest BCUT2D eigenvalue weighted by atomic mass is 19.2. The number of halogens is 2. The van der Waals surface area contributed by atoms with E-state index in [2.05, 4.69) is 5.32 Å². The summed E-state index contributed by atoms with van der Waals surface area (Å²) in [5.41, 5.74) is -0.702. The van der Waals surface area contributed by atoms with Crippen LogP contribution in [0.15, 0.2) is 18.2 Å². The largest absolute Gasteiger partial charge is 0.389 e. The fourth-order valence-corrected chi connectivity index (χ4v) is 1.80. The smallest absolute Gasteiger partial charge is 0.238 e. The molecule has 0 saturated heterocycles. The van der Waals surface area contributed by atoms with Crippen molar-refractivity contribution >= 4 is 11.6 Å². The fourth-order valence-electron chi connectivity index (χ4n) is 1.80. The van der Waals surface area contributed by atoms with Gasteiger partial charge in [-0.25, -0.2) is 8.78 Å². The molecule has 20 heavy (non-hydrogen) atoms. The number of likely N-dealkylation sites (N-methyl/N-ethyl adjacent to an activating group) is 1. The van der Waals surface area contributed by atoms with Crippen LogP contribution in [0.25, 0.3) is 0 Å². The predicted molar refractivity (Wildman–Crippen MR) is 73.4 cm³/mol. The van der Waals surface area contributed by atoms with Crippen molar-refractivity contribution in [2.75, 3.05) is 25.0 Å². The van der Waals surface area contributed by atoms with E-state index in [1.54, 1.807) is 18.7 Å². The van der Waals surface area contributed by atoms with Crippen molar-refractivity contribution in [3.8, 4) is 0 Å². The van der Waals surface area contributed by atoms with Gasteiger partial charge in [0.2, 0.25) is 5.91 Å². The Morgan fingerprint density at radius 1 is 1.35 bits per heavy atom. The Bertz CT molecular complexity index is 473. The standard InChI is InChI=1S/C14H20F2N2O2/c1-4-18(9-14(2,3)20)8-13(19)17-10-5-6-11(15)12(16)7-10/h5-7,20H,4,8-9H2,1-3H3,(H,17,19). The lowest BCUT2D eigenvalue weighted by Gasteiger charge is -2.27. The van der Waals surface area contributed by atoms with Crippen LogP contribution in [0.5, 0.6) is 0 Å². The van der Waals surface area contributed by atoms with Gasteiger partial charge in [0.25, 0.3) is 0 Å². The molecule has 0 saturated carbocycles. The van der Waals surface area contributed by atoms with Crippen molar-refractivity contribution in [3.05, 3.63) is 29.8 Å². The lowest BCUT2D eigenvalue weighted by atomic mass is 10.1. The monoisotopic (exact) mass is 286 g/mol. The summed E-state index contributed by atoms with van der Waals surface area (Å²) >= 11 is 0. The second kappa shape index (κ2) is 6.76. The minimum absolute atomic E-state index is 0.0689. The highest BCUT2D eigenvalue weighted by molar-refractivity contribution is 5.92. The van der Waals surface area contributed by atoms with Gasteiger partial charge in [-0.1, -0.05) is 6.92 Å². The molecule has 1 aromatic rings. The van der Waals surface area contributed by atoms with E-state index in [1.165, 1.54) is 6.07 Å². The molecule has 4 nitrogen and oxygen atoms in total. The van der Waals surface area contributed by atoms with Crippen LogP contribution in [-0.2, 0) is 4.79 Å². The Morgan fingerprint density at radius 2 is 2.00 bits per heavy atom. The molecule has 6 heteroatoms. The topological polar surface area (TPSA) is 52.6 Å². The molecular formula is C14H20F2N2O2. The van der Waals surface area contributed by atoms with E-state index in [9.17, 15) is 18.7 Å². The summed E-state index contributed by atoms with van der Waals surface area (Å²) in [6.45, 7) is 6.19. The van der Waals surface area contributed by atoms with Gasteiger partial charge in [-0.05, 0) is 32.5 Å². The van der Waals surface area contributed by atoms with Gasteiger partial charge in [0.1, 0.15) is 0 Å². The van der Waals surface area contributed by atoms with Crippen molar-refractivity contribution < 1.29 is 18.7 Å². The summed E-state index contributed by atoms with van der Waals surface area (Å²) in [4.78, 5) is 13.6. The fraction of sp³-hybridized carbons (Fsp3) is 0.500. The van der Waals surface area contributed by atoms with Crippen molar-refractivity contribution in [1.29, 1.82) is 0 Å². The summed E-state index contributed by atoms with van der Waals surface area (Å²) in [6, 6.07) is 3.18. The van der Waals surface area contributed by atoms with Crippen LogP contribution in [0.1, 0.15) is 20.8 Å². The number of nitrogens with zero attached hydrogens (tertiary/aromatic N) is 1. The lowest BCUT2D eigenvalue weighted by Crippen LogP contribution is -2.42. The number of anilines is 1. The molecule has 0 aliphatic carbocycles. The molecule has 1 amide bonds. The average Bonchev–Trinajstić information content (AvgIpc) is 2.31. The molecule has 1 rings (SSSR count). The van der Waals surface area contributed by atoms with Gasteiger partial charge >= 0.3 is 0 Å². The van der Waals surface area contributed by atoms with Crippen LogP contribution < -0.4 is 5.32 Å². The molecule has 0 aliphatic rings. The number of rotatable bonds is 6. The van der Waals surface area contributed by atoms with Gasteiger partial charge in [-0.3, -0.25) is 9.69 Å². The highest BCUT2D eigenvalue weighted by Crippen LogP contribution is 2.13. The molecule has 0 aromatic heterocycles. The van der Waals surface area contributed by atoms with E-state index in [1.807, 2.05) is 6.92 Å². The number of nitrogens with one attached hydrogen (secondary N) is 1. The molecule has 0 bridgehead atoms. The summed E-state index contributed by atoms with van der Waals surface area (Å²) < 4.78 is 25.8. The second-order valence-electron chi connectivity index (χ2n) is 5.29. The third kappa shape index (κ3) is 5.63. The maximum absolute atomic E-state index is 13.0. The molecule has 0 heterocycles. The number of carbonyl (C=O) groups is 1. The van der Waals surface area contributed by atoms with Gasteiger partial charge in [0.05, 0.1) is 12.1 Å². The number of carbonyl (C=O) groups excluding carboxylic acids is 1. The van der Waals surface area contributed by atoms with E-state index < -0.39 is 17.2 Å². The Balaban J connectivity index is 2.59. The third-order valence-corrected chi connectivity index (χ3v) is 2.63. The van der Waals surface area contributed by atoms with E-state index in [0.717, 1.165) is 12.1 Å². The summed E-state index contributed by atoms with van der Waals surface area (Å²) in [7, 11) is 0. The molecular weight excluding hydrogens is 266 g/mol. The first-order valence-electron chi connectivity index (χ1n) is 6.41. The van der Waals surface area contributed by atoms with Crippen molar-refractivity contribution in [1.82, 2.24) is 4.90 Å². The zero-order chi connectivity index (χ0) is 15.3. The molecule has 0 unspecified atom stereocenters. The first kappa shape index (κ1) is 16.5. The van der Waals surface area contributed by atoms with Crippen LogP contribution in [-0.4, -0.2) is 41.1 Å². The van der Waals surface area contributed by atoms with Crippen LogP contribution in [0.2, 0.25) is 0 Å². The number of hydrogen-bond donors (Lipinski definition) is 2. The number of amides is 1. The van der Waals surface area contributed by atoms with Crippen LogP contribution >= 0.6 is 0 Å². The predicted octanol–water partition coefficient (Wildman–Crippen LogP) is 2.00. The number of hydrogen-bond acceptors (Lipinski definition) is 3. The molecule has 2 N–H and O–H groups in total. The molecule has 0 spiro atoms. The first-order valence-corrected chi connectivity index (χ1v) is 6.41. The summed E-state index contributed by atoms with van der Waals surface area (Å²) in [5, 5.41) is 12.2. The maximum atomic E-state index is 13.0. The normalized spacial score (nSPS) is 11.8. The number of aliphatic hydroxyl groups is 1. The Hall–Kier alpha value is -1.53. The Kier molecular flexibility index (Phi) is 5.59. The average molecular weight is 286 g/mol. The second-order valence-corrected chi connectivity index (χ2v) is 5.29. The minimum atomic E-state index is -1.01. The molecule has 1 aromatic carbocycles. The van der Waals surface area contributed by atoms with Gasteiger partial charge in [0, 0.05) is 18.3 Å². The number of benzene rings is 1. The zero-order valence-corrected chi connectivity index (χ0v) is 11.9. The Labute approximate surface area is 117 Å². The van der Waals surface area contributed by atoms with Crippen molar-refractivity contribution in [2.45, 2.75) is 26.4 Å². The van der Waals surface area contributed by atoms with E-state index in [0.29, 0.717) is 13.1 Å². The maximum Gasteiger partial charge on any atom is 0.238 e. The first-order chi connectivity index (χ1) is 9.21. The summed E-state index contributed by atoms with van der Waals surface area (Å²) in [5.74, 6) is -2.31. The van der Waals surface area contributed by atoms with Crippen LogP contribution in [0.3, 0.4) is 0 Å². The SMILES string of the molecule is CCN(CC(=O)Nc1ccc(F)c(F)c1)CC(C)(C)O. The minimum Gasteiger partial charge on any atom is -0.389 e. The quantitative estimate of drug-likeness (QED) is 0.841. The van der Waals surface area contributed by atoms with Gasteiger partial charge in [-0.15, -0.1) is 0 Å². The van der Waals surface area contributed by atoms with Gasteiger partial charge in [-0.2, -0.15) is 0 Å². The molecule has 0 fully saturated rings. The van der Waals surface area contributed by atoms with E-state index in [-0.39, 0.29) is 18.1 Å². The van der Waals surface area contributed by atoms with Crippen molar-refractivity contribution in [2.24, 2.45) is 0 Å². The molecule has 112 valence electrons. The van der Waals surface area contributed by atoms with Crippen LogP contribution in [0, 0.1) is 11.6 Å². The highest BCUT2D eigenvalue weighted by Gasteiger charge is 2.19. The molecule has 0 radical (unpaired) electrons. The molecule has 0 atom stereocenters. The zero-order valence-electron chi connectivity index (χ0n) is 11.9. The van der Waals surface area contributed by atoms with Gasteiger partial charge < -0.3 is 10.4 Å². The third-order valence-electron chi connectivity index (χ3n) is 2.63. The van der Waals surface area contributed by atoms with Gasteiger partial charge in [0.15, 0.2) is 11.6 Å². The molecule has 0 aliphatic heterocycles.